The summed E-state index contributed by atoms with van der Waals surface area (Å²) in [5.74, 6) is -1.50. The van der Waals surface area contributed by atoms with Crippen LogP contribution in [0.25, 0.3) is 11.3 Å². The lowest BCUT2D eigenvalue weighted by atomic mass is 10.1. The zero-order valence-corrected chi connectivity index (χ0v) is 14.6. The van der Waals surface area contributed by atoms with Crippen LogP contribution < -0.4 is 5.32 Å². The van der Waals surface area contributed by atoms with E-state index in [0.717, 1.165) is 17.7 Å². The summed E-state index contributed by atoms with van der Waals surface area (Å²) in [6.07, 6.45) is 1.54. The Balaban J connectivity index is 1.65. The lowest BCUT2D eigenvalue weighted by molar-refractivity contribution is -0.116. The second-order valence-corrected chi connectivity index (χ2v) is 6.16. The monoisotopic (exact) mass is 376 g/mol. The van der Waals surface area contributed by atoms with Crippen molar-refractivity contribution in [2.24, 2.45) is 0 Å². The average Bonchev–Trinajstić information content (AvgIpc) is 3.05. The van der Waals surface area contributed by atoms with Crippen LogP contribution >= 0.6 is 11.6 Å². The van der Waals surface area contributed by atoms with Gasteiger partial charge in [-0.3, -0.25) is 4.79 Å². The maximum atomic E-state index is 13.8. The van der Waals surface area contributed by atoms with Gasteiger partial charge in [0.15, 0.2) is 11.7 Å². The first-order valence-corrected chi connectivity index (χ1v) is 8.27. The number of hydrogen-bond donors (Lipinski definition) is 1. The third-order valence-electron chi connectivity index (χ3n) is 3.80. The molecule has 0 radical (unpaired) electrons. The molecule has 1 heterocycles. The molecule has 1 N–H and O–H groups in total. The number of halogens is 3. The zero-order chi connectivity index (χ0) is 18.7. The van der Waals surface area contributed by atoms with E-state index in [1.165, 1.54) is 12.3 Å². The van der Waals surface area contributed by atoms with E-state index in [0.29, 0.717) is 10.7 Å². The van der Waals surface area contributed by atoms with E-state index in [2.05, 4.69) is 10.3 Å². The molecule has 0 aliphatic heterocycles. The summed E-state index contributed by atoms with van der Waals surface area (Å²) in [5.41, 5.74) is 1.24. The number of rotatable bonds is 5. The maximum absolute atomic E-state index is 13.8. The number of anilines is 1. The molecule has 0 aliphatic carbocycles. The smallest absolute Gasteiger partial charge is 0.224 e. The van der Waals surface area contributed by atoms with Crippen LogP contribution in [0, 0.1) is 18.6 Å². The Hall–Kier alpha value is -2.73. The van der Waals surface area contributed by atoms with E-state index in [1.807, 2.05) is 6.92 Å². The Labute approximate surface area is 153 Å². The van der Waals surface area contributed by atoms with Crippen molar-refractivity contribution in [2.75, 3.05) is 5.32 Å². The number of aryl methyl sites for hydroxylation is 2. The summed E-state index contributed by atoms with van der Waals surface area (Å²) in [7, 11) is 0. The van der Waals surface area contributed by atoms with Crippen molar-refractivity contribution in [1.29, 1.82) is 0 Å². The Morgan fingerprint density at radius 3 is 2.69 bits per heavy atom. The van der Waals surface area contributed by atoms with E-state index in [4.69, 9.17) is 16.0 Å². The molecule has 3 rings (SSSR count). The zero-order valence-electron chi connectivity index (χ0n) is 13.9. The molecule has 0 saturated carbocycles. The quantitative estimate of drug-likeness (QED) is 0.669. The summed E-state index contributed by atoms with van der Waals surface area (Å²) < 4.78 is 32.9. The normalized spacial score (nSPS) is 10.8. The Bertz CT molecular complexity index is 936. The van der Waals surface area contributed by atoms with Gasteiger partial charge < -0.3 is 9.73 Å². The minimum atomic E-state index is -0.734. The molecule has 0 bridgehead atoms. The summed E-state index contributed by atoms with van der Waals surface area (Å²) in [4.78, 5) is 16.1. The SMILES string of the molecule is Cc1ccc(Cl)cc1NC(=O)CCc1ncc(-c2c(F)cccc2F)o1. The number of oxazole rings is 1. The van der Waals surface area contributed by atoms with E-state index in [9.17, 15) is 13.6 Å². The highest BCUT2D eigenvalue weighted by molar-refractivity contribution is 6.31. The van der Waals surface area contributed by atoms with E-state index in [1.54, 1.807) is 18.2 Å². The average molecular weight is 377 g/mol. The maximum Gasteiger partial charge on any atom is 0.224 e. The van der Waals surface area contributed by atoms with Gasteiger partial charge in [0, 0.05) is 23.6 Å². The van der Waals surface area contributed by atoms with Crippen molar-refractivity contribution >= 4 is 23.2 Å². The Morgan fingerprint density at radius 1 is 1.23 bits per heavy atom. The van der Waals surface area contributed by atoms with Crippen molar-refractivity contribution in [2.45, 2.75) is 19.8 Å². The topological polar surface area (TPSA) is 55.1 Å². The predicted molar refractivity (Wildman–Crippen MR) is 95.0 cm³/mol. The molecule has 0 aliphatic rings. The summed E-state index contributed by atoms with van der Waals surface area (Å²) in [5, 5.41) is 3.29. The van der Waals surface area contributed by atoms with Crippen molar-refractivity contribution < 1.29 is 18.0 Å². The third kappa shape index (κ3) is 4.08. The van der Waals surface area contributed by atoms with Gasteiger partial charge in [0.05, 0.1) is 11.8 Å². The molecule has 2 aromatic carbocycles. The van der Waals surface area contributed by atoms with Gasteiger partial charge in [0.25, 0.3) is 0 Å². The van der Waals surface area contributed by atoms with Crippen LogP contribution in [0.5, 0.6) is 0 Å². The van der Waals surface area contributed by atoms with Crippen LogP contribution in [0.4, 0.5) is 14.5 Å². The lowest BCUT2D eigenvalue weighted by Crippen LogP contribution is -2.13. The van der Waals surface area contributed by atoms with Gasteiger partial charge in [0.2, 0.25) is 5.91 Å². The third-order valence-corrected chi connectivity index (χ3v) is 4.04. The van der Waals surface area contributed by atoms with Gasteiger partial charge in [-0.2, -0.15) is 0 Å². The molecule has 134 valence electrons. The van der Waals surface area contributed by atoms with Gasteiger partial charge in [-0.15, -0.1) is 0 Å². The number of hydrogen-bond acceptors (Lipinski definition) is 3. The second kappa shape index (κ2) is 7.66. The molecule has 4 nitrogen and oxygen atoms in total. The number of nitrogens with one attached hydrogen (secondary N) is 1. The molecule has 1 aromatic heterocycles. The van der Waals surface area contributed by atoms with Gasteiger partial charge >= 0.3 is 0 Å². The molecular formula is C19H15ClF2N2O2. The van der Waals surface area contributed by atoms with E-state index < -0.39 is 11.6 Å². The number of amides is 1. The van der Waals surface area contributed by atoms with E-state index in [-0.39, 0.29) is 36.0 Å². The molecule has 0 saturated heterocycles. The van der Waals surface area contributed by atoms with Gasteiger partial charge in [-0.1, -0.05) is 23.7 Å². The molecular weight excluding hydrogens is 362 g/mol. The van der Waals surface area contributed by atoms with E-state index >= 15 is 0 Å². The Morgan fingerprint density at radius 2 is 1.96 bits per heavy atom. The fourth-order valence-corrected chi connectivity index (χ4v) is 2.61. The molecule has 3 aromatic rings. The molecule has 7 heteroatoms. The van der Waals surface area contributed by atoms with Crippen LogP contribution in [0.2, 0.25) is 5.02 Å². The van der Waals surface area contributed by atoms with Crippen molar-refractivity contribution in [1.82, 2.24) is 4.98 Å². The predicted octanol–water partition coefficient (Wildman–Crippen LogP) is 5.15. The molecule has 0 fully saturated rings. The van der Waals surface area contributed by atoms with Crippen LogP contribution in [0.1, 0.15) is 17.9 Å². The second-order valence-electron chi connectivity index (χ2n) is 5.72. The van der Waals surface area contributed by atoms with Crippen LogP contribution in [-0.4, -0.2) is 10.9 Å². The first-order chi connectivity index (χ1) is 12.4. The van der Waals surface area contributed by atoms with Crippen LogP contribution in [0.3, 0.4) is 0 Å². The highest BCUT2D eigenvalue weighted by Crippen LogP contribution is 2.27. The first kappa shape index (κ1) is 18.1. The molecule has 0 spiro atoms. The molecule has 0 atom stereocenters. The van der Waals surface area contributed by atoms with Crippen molar-refractivity contribution in [3.63, 3.8) is 0 Å². The number of aromatic nitrogens is 1. The number of carbonyl (C=O) groups excluding carboxylic acids is 1. The highest BCUT2D eigenvalue weighted by Gasteiger charge is 2.16. The number of benzene rings is 2. The fourth-order valence-electron chi connectivity index (χ4n) is 2.44. The van der Waals surface area contributed by atoms with Crippen LogP contribution in [-0.2, 0) is 11.2 Å². The molecule has 0 unspecified atom stereocenters. The van der Waals surface area contributed by atoms with Crippen LogP contribution in [0.15, 0.2) is 47.0 Å². The standard InChI is InChI=1S/C19H15ClF2N2O2/c1-11-5-6-12(20)9-15(11)24-17(25)7-8-18-23-10-16(26-18)19-13(21)3-2-4-14(19)22/h2-6,9-10H,7-8H2,1H3,(H,24,25). The minimum absolute atomic E-state index is 0.0123. The number of nitrogens with zero attached hydrogens (tertiary/aromatic N) is 1. The highest BCUT2D eigenvalue weighted by atomic mass is 35.5. The Kier molecular flexibility index (Phi) is 5.32. The number of carbonyl (C=O) groups is 1. The minimum Gasteiger partial charge on any atom is -0.441 e. The summed E-state index contributed by atoms with van der Waals surface area (Å²) in [6.45, 7) is 1.86. The molecule has 26 heavy (non-hydrogen) atoms. The van der Waals surface area contributed by atoms with Gasteiger partial charge in [0.1, 0.15) is 11.6 Å². The van der Waals surface area contributed by atoms with Gasteiger partial charge in [-0.25, -0.2) is 13.8 Å². The first-order valence-electron chi connectivity index (χ1n) is 7.89. The fraction of sp³-hybridized carbons (Fsp3) is 0.158. The summed E-state index contributed by atoms with van der Waals surface area (Å²) in [6, 6.07) is 8.76. The summed E-state index contributed by atoms with van der Waals surface area (Å²) >= 11 is 5.92. The van der Waals surface area contributed by atoms with Gasteiger partial charge in [-0.05, 0) is 36.8 Å². The van der Waals surface area contributed by atoms with Crippen molar-refractivity contribution in [3.8, 4) is 11.3 Å². The largest absolute Gasteiger partial charge is 0.441 e. The lowest BCUT2D eigenvalue weighted by Gasteiger charge is -2.08. The molecule has 1 amide bonds. The van der Waals surface area contributed by atoms with Crippen molar-refractivity contribution in [3.05, 3.63) is 70.7 Å².